The van der Waals surface area contributed by atoms with Crippen LogP contribution in [0.15, 0.2) is 36.4 Å². The molecule has 2 aliphatic carbocycles. The van der Waals surface area contributed by atoms with Crippen LogP contribution in [0.2, 0.25) is 0 Å². The van der Waals surface area contributed by atoms with E-state index >= 15 is 0 Å². The lowest BCUT2D eigenvalue weighted by Gasteiger charge is -2.32. The van der Waals surface area contributed by atoms with Gasteiger partial charge in [0.1, 0.15) is 0 Å². The van der Waals surface area contributed by atoms with E-state index in [2.05, 4.69) is 26.0 Å². The summed E-state index contributed by atoms with van der Waals surface area (Å²) in [5.41, 5.74) is 0.505. The molecule has 0 amide bonds. The second-order valence-corrected chi connectivity index (χ2v) is 6.83. The molecule has 1 fully saturated rings. The maximum absolute atomic E-state index is 12.7. The fourth-order valence-electron chi connectivity index (χ4n) is 4.26. The number of hydrogen-bond acceptors (Lipinski definition) is 0. The third-order valence-corrected chi connectivity index (χ3v) is 5.13. The van der Waals surface area contributed by atoms with Crippen LogP contribution in [0.25, 0.3) is 0 Å². The molecule has 1 saturated carbocycles. The zero-order chi connectivity index (χ0) is 15.2. The second-order valence-electron chi connectivity index (χ2n) is 6.83. The predicted molar refractivity (Wildman–Crippen MR) is 77.9 cm³/mol. The summed E-state index contributed by atoms with van der Waals surface area (Å²) in [4.78, 5) is 0. The minimum Gasteiger partial charge on any atom is -0.166 e. The van der Waals surface area contributed by atoms with Gasteiger partial charge in [-0.2, -0.15) is 13.2 Å². The molecule has 0 aromatic heterocycles. The van der Waals surface area contributed by atoms with Crippen LogP contribution in [0.4, 0.5) is 13.2 Å². The Morgan fingerprint density at radius 2 is 1.67 bits per heavy atom. The number of halogens is 3. The van der Waals surface area contributed by atoms with E-state index in [1.54, 1.807) is 12.1 Å². The Hall–Kier alpha value is -1.25. The van der Waals surface area contributed by atoms with E-state index in [1.807, 2.05) is 0 Å². The molecular weight excluding hydrogens is 273 g/mol. The molecule has 2 bridgehead atoms. The number of hydrogen-bond donors (Lipinski definition) is 0. The maximum atomic E-state index is 12.7. The smallest absolute Gasteiger partial charge is 0.166 e. The zero-order valence-electron chi connectivity index (χ0n) is 12.4. The van der Waals surface area contributed by atoms with Crippen molar-refractivity contribution in [3.8, 4) is 0 Å². The largest absolute Gasteiger partial charge is 0.416 e. The minimum atomic E-state index is -4.25. The van der Waals surface area contributed by atoms with Crippen LogP contribution in [0.1, 0.15) is 43.7 Å². The first-order valence-electron chi connectivity index (χ1n) is 7.71. The quantitative estimate of drug-likeness (QED) is 0.631. The van der Waals surface area contributed by atoms with Crippen molar-refractivity contribution in [2.75, 3.05) is 0 Å². The van der Waals surface area contributed by atoms with E-state index < -0.39 is 11.7 Å². The van der Waals surface area contributed by atoms with Crippen molar-refractivity contribution in [1.29, 1.82) is 0 Å². The third-order valence-electron chi connectivity index (χ3n) is 5.13. The molecule has 2 aliphatic rings. The van der Waals surface area contributed by atoms with Gasteiger partial charge in [0, 0.05) is 0 Å². The van der Waals surface area contributed by atoms with Crippen molar-refractivity contribution in [3.05, 3.63) is 47.5 Å². The van der Waals surface area contributed by atoms with Gasteiger partial charge >= 0.3 is 6.18 Å². The lowest BCUT2D eigenvalue weighted by atomic mass is 9.72. The first-order valence-corrected chi connectivity index (χ1v) is 7.71. The van der Waals surface area contributed by atoms with Gasteiger partial charge in [0.15, 0.2) is 0 Å². The Labute approximate surface area is 124 Å². The normalized spacial score (nSPS) is 29.3. The molecule has 0 radical (unpaired) electrons. The van der Waals surface area contributed by atoms with Gasteiger partial charge in [-0.15, -0.1) is 0 Å². The average Bonchev–Trinajstić information content (AvgIpc) is 3.00. The molecule has 0 N–H and O–H groups in total. The van der Waals surface area contributed by atoms with Gasteiger partial charge in [0.25, 0.3) is 0 Å². The highest BCUT2D eigenvalue weighted by atomic mass is 19.4. The number of alkyl halides is 3. The fraction of sp³-hybridized carbons (Fsp3) is 0.556. The van der Waals surface area contributed by atoms with E-state index in [-0.39, 0.29) is 0 Å². The highest BCUT2D eigenvalue weighted by Gasteiger charge is 2.41. The SMILES string of the molecule is CC(C)C(c1ccc(C(F)(F)F)cc1)C1CC2C=CC1C2. The van der Waals surface area contributed by atoms with Crippen LogP contribution in [0.5, 0.6) is 0 Å². The molecule has 114 valence electrons. The molecule has 4 unspecified atom stereocenters. The molecule has 1 aromatic carbocycles. The summed E-state index contributed by atoms with van der Waals surface area (Å²) in [7, 11) is 0. The molecule has 0 saturated heterocycles. The highest BCUT2D eigenvalue weighted by molar-refractivity contribution is 5.29. The Morgan fingerprint density at radius 3 is 2.10 bits per heavy atom. The monoisotopic (exact) mass is 294 g/mol. The molecule has 0 heterocycles. The zero-order valence-corrected chi connectivity index (χ0v) is 12.4. The Morgan fingerprint density at radius 1 is 1.00 bits per heavy atom. The van der Waals surface area contributed by atoms with Crippen LogP contribution in [-0.2, 0) is 6.18 Å². The number of fused-ring (bicyclic) bond motifs is 2. The van der Waals surface area contributed by atoms with Crippen LogP contribution in [0, 0.1) is 23.7 Å². The van der Waals surface area contributed by atoms with Crippen LogP contribution < -0.4 is 0 Å². The summed E-state index contributed by atoms with van der Waals surface area (Å²) in [6.07, 6.45) is 2.80. The first kappa shape index (κ1) is 14.7. The van der Waals surface area contributed by atoms with Gasteiger partial charge < -0.3 is 0 Å². The lowest BCUT2D eigenvalue weighted by molar-refractivity contribution is -0.137. The van der Waals surface area contributed by atoms with Gasteiger partial charge in [-0.25, -0.2) is 0 Å². The van der Waals surface area contributed by atoms with Crippen LogP contribution in [0.3, 0.4) is 0 Å². The summed E-state index contributed by atoms with van der Waals surface area (Å²) >= 11 is 0. The lowest BCUT2D eigenvalue weighted by Crippen LogP contribution is -2.22. The summed E-state index contributed by atoms with van der Waals surface area (Å²) in [6.45, 7) is 4.36. The molecule has 21 heavy (non-hydrogen) atoms. The first-order chi connectivity index (χ1) is 9.86. The van der Waals surface area contributed by atoms with Crippen LogP contribution in [-0.4, -0.2) is 0 Å². The molecule has 3 rings (SSSR count). The van der Waals surface area contributed by atoms with E-state index in [0.29, 0.717) is 29.6 Å². The Kier molecular flexibility index (Phi) is 3.62. The van der Waals surface area contributed by atoms with E-state index in [1.165, 1.54) is 25.0 Å². The molecule has 4 atom stereocenters. The van der Waals surface area contributed by atoms with E-state index in [4.69, 9.17) is 0 Å². The summed E-state index contributed by atoms with van der Waals surface area (Å²) in [5.74, 6) is 2.68. The van der Waals surface area contributed by atoms with Crippen molar-refractivity contribution in [2.24, 2.45) is 23.7 Å². The number of allylic oxidation sites excluding steroid dienone is 2. The summed E-state index contributed by atoms with van der Waals surface area (Å²) in [5, 5.41) is 0. The average molecular weight is 294 g/mol. The van der Waals surface area contributed by atoms with Crippen molar-refractivity contribution in [2.45, 2.75) is 38.8 Å². The standard InChI is InChI=1S/C18H21F3/c1-11(2)17(16-10-12-3-4-14(16)9-12)13-5-7-15(8-6-13)18(19,20)21/h3-8,11-12,14,16-17H,9-10H2,1-2H3. The van der Waals surface area contributed by atoms with Gasteiger partial charge in [-0.1, -0.05) is 38.1 Å². The van der Waals surface area contributed by atoms with E-state index in [9.17, 15) is 13.2 Å². The highest BCUT2D eigenvalue weighted by Crippen LogP contribution is 2.51. The molecule has 0 aliphatic heterocycles. The van der Waals surface area contributed by atoms with Crippen molar-refractivity contribution in [1.82, 2.24) is 0 Å². The molecule has 0 spiro atoms. The fourth-order valence-corrected chi connectivity index (χ4v) is 4.26. The summed E-state index contributed by atoms with van der Waals surface area (Å²) < 4.78 is 38.1. The van der Waals surface area contributed by atoms with Gasteiger partial charge in [-0.05, 0) is 60.1 Å². The maximum Gasteiger partial charge on any atom is 0.416 e. The molecule has 1 aromatic rings. The Balaban J connectivity index is 1.86. The molecular formula is C18H21F3. The third kappa shape index (κ3) is 2.75. The minimum absolute atomic E-state index is 0.354. The number of rotatable bonds is 3. The predicted octanol–water partition coefficient (Wildman–Crippen LogP) is 5.66. The molecule has 0 nitrogen and oxygen atoms in total. The topological polar surface area (TPSA) is 0 Å². The summed E-state index contributed by atoms with van der Waals surface area (Å²) in [6, 6.07) is 5.83. The van der Waals surface area contributed by atoms with Gasteiger partial charge in [0.05, 0.1) is 5.56 Å². The van der Waals surface area contributed by atoms with Gasteiger partial charge in [-0.3, -0.25) is 0 Å². The molecule has 3 heteroatoms. The van der Waals surface area contributed by atoms with Gasteiger partial charge in [0.2, 0.25) is 0 Å². The van der Waals surface area contributed by atoms with E-state index in [0.717, 1.165) is 5.56 Å². The van der Waals surface area contributed by atoms with Crippen LogP contribution >= 0.6 is 0 Å². The van der Waals surface area contributed by atoms with Crippen molar-refractivity contribution < 1.29 is 13.2 Å². The number of benzene rings is 1. The van der Waals surface area contributed by atoms with Crippen molar-refractivity contribution >= 4 is 0 Å². The second kappa shape index (κ2) is 5.19. The Bertz CT molecular complexity index is 524. The van der Waals surface area contributed by atoms with Crippen molar-refractivity contribution in [3.63, 3.8) is 0 Å².